The normalized spacial score (nSPS) is 18.5. The van der Waals surface area contributed by atoms with Crippen LogP contribution in [0.3, 0.4) is 0 Å². The number of rotatable bonds is 3. The predicted octanol–water partition coefficient (Wildman–Crippen LogP) is 4.04. The summed E-state index contributed by atoms with van der Waals surface area (Å²) in [6.07, 6.45) is 0.388. The van der Waals surface area contributed by atoms with E-state index in [1.165, 1.54) is 0 Å². The first-order chi connectivity index (χ1) is 9.55. The Morgan fingerprint density at radius 3 is 1.76 bits per heavy atom. The van der Waals surface area contributed by atoms with Gasteiger partial charge in [0, 0.05) is 6.54 Å². The summed E-state index contributed by atoms with van der Waals surface area (Å²) < 4.78 is 37.5. The van der Waals surface area contributed by atoms with E-state index in [0.717, 1.165) is 18.1 Å². The zero-order valence-electron chi connectivity index (χ0n) is 13.1. The molecule has 0 radical (unpaired) electrons. The van der Waals surface area contributed by atoms with Crippen LogP contribution < -0.4 is 5.32 Å². The summed E-state index contributed by atoms with van der Waals surface area (Å²) in [7, 11) is 0. The standard InChI is InChI=1S/C8H6F3NO.C8H16/c9-6-1-5(3-12-4-13)2-7(10)8(6)11;1-6-7(2,3)8(6,4)5/h1-2,4H,3H2,(H,12,13);6H,1-5H3. The molecule has 21 heavy (non-hydrogen) atoms. The van der Waals surface area contributed by atoms with Gasteiger partial charge in [0.25, 0.3) is 0 Å². The fourth-order valence-corrected chi connectivity index (χ4v) is 2.40. The fourth-order valence-electron chi connectivity index (χ4n) is 2.40. The van der Waals surface area contributed by atoms with Gasteiger partial charge in [0.2, 0.25) is 6.41 Å². The summed E-state index contributed by atoms with van der Waals surface area (Å²) in [6, 6.07) is 1.66. The van der Waals surface area contributed by atoms with E-state index >= 15 is 0 Å². The second-order valence-corrected chi connectivity index (χ2v) is 6.54. The first-order valence-electron chi connectivity index (χ1n) is 6.86. The number of amides is 1. The van der Waals surface area contributed by atoms with E-state index in [-0.39, 0.29) is 12.1 Å². The van der Waals surface area contributed by atoms with Gasteiger partial charge in [-0.25, -0.2) is 13.2 Å². The van der Waals surface area contributed by atoms with Crippen molar-refractivity contribution in [2.45, 2.75) is 41.2 Å². The predicted molar refractivity (Wildman–Crippen MR) is 75.9 cm³/mol. The molecule has 0 aliphatic heterocycles. The molecular formula is C16H22F3NO. The maximum absolute atomic E-state index is 12.5. The molecule has 0 saturated heterocycles. The van der Waals surface area contributed by atoms with Gasteiger partial charge in [0.15, 0.2) is 17.5 Å². The molecule has 0 heterocycles. The second-order valence-electron chi connectivity index (χ2n) is 6.54. The Labute approximate surface area is 123 Å². The summed E-state index contributed by atoms with van der Waals surface area (Å²) in [5.74, 6) is -3.12. The van der Waals surface area contributed by atoms with Crippen molar-refractivity contribution in [1.29, 1.82) is 0 Å². The van der Waals surface area contributed by atoms with Crippen molar-refractivity contribution in [2.24, 2.45) is 16.7 Å². The van der Waals surface area contributed by atoms with Crippen LogP contribution in [0.15, 0.2) is 12.1 Å². The van der Waals surface area contributed by atoms with E-state index in [1.54, 1.807) is 0 Å². The van der Waals surface area contributed by atoms with Crippen LogP contribution in [0.4, 0.5) is 13.2 Å². The molecule has 1 N–H and O–H groups in total. The maximum atomic E-state index is 12.5. The van der Waals surface area contributed by atoms with Gasteiger partial charge in [-0.2, -0.15) is 0 Å². The van der Waals surface area contributed by atoms with Crippen LogP contribution in [0, 0.1) is 34.2 Å². The molecule has 1 aromatic carbocycles. The van der Waals surface area contributed by atoms with Gasteiger partial charge in [0.05, 0.1) is 0 Å². The van der Waals surface area contributed by atoms with E-state index in [4.69, 9.17) is 0 Å². The summed E-state index contributed by atoms with van der Waals surface area (Å²) >= 11 is 0. The lowest BCUT2D eigenvalue weighted by Gasteiger charge is -2.04. The lowest BCUT2D eigenvalue weighted by molar-refractivity contribution is -0.109. The lowest BCUT2D eigenvalue weighted by atomic mass is 10.0. The van der Waals surface area contributed by atoms with Crippen LogP contribution in [-0.4, -0.2) is 6.41 Å². The third-order valence-corrected chi connectivity index (χ3v) is 5.18. The highest BCUT2D eigenvalue weighted by Crippen LogP contribution is 2.67. The minimum absolute atomic E-state index is 0.0301. The minimum Gasteiger partial charge on any atom is -0.355 e. The highest BCUT2D eigenvalue weighted by molar-refractivity contribution is 5.46. The molecule has 0 aromatic heterocycles. The van der Waals surface area contributed by atoms with Gasteiger partial charge in [-0.3, -0.25) is 4.79 Å². The molecule has 118 valence electrons. The summed E-state index contributed by atoms with van der Waals surface area (Å²) in [5, 5.41) is 2.20. The van der Waals surface area contributed by atoms with E-state index in [1.807, 2.05) is 0 Å². The Morgan fingerprint density at radius 2 is 1.48 bits per heavy atom. The monoisotopic (exact) mass is 301 g/mol. The van der Waals surface area contributed by atoms with Gasteiger partial charge in [0.1, 0.15) is 0 Å². The van der Waals surface area contributed by atoms with E-state index in [0.29, 0.717) is 17.2 Å². The van der Waals surface area contributed by atoms with Crippen LogP contribution in [0.2, 0.25) is 0 Å². The number of carbonyl (C=O) groups excluding carboxylic acids is 1. The Morgan fingerprint density at radius 1 is 1.10 bits per heavy atom. The number of carbonyl (C=O) groups is 1. The van der Waals surface area contributed by atoms with Crippen molar-refractivity contribution in [3.05, 3.63) is 35.1 Å². The molecule has 0 bridgehead atoms. The SMILES string of the molecule is CC1C(C)(C)C1(C)C.O=CNCc1cc(F)c(F)c(F)c1. The zero-order chi connectivity index (χ0) is 16.4. The molecule has 0 atom stereocenters. The molecule has 0 spiro atoms. The molecular weight excluding hydrogens is 279 g/mol. The minimum atomic E-state index is -1.50. The quantitative estimate of drug-likeness (QED) is 0.662. The van der Waals surface area contributed by atoms with E-state index in [9.17, 15) is 18.0 Å². The van der Waals surface area contributed by atoms with Gasteiger partial charge >= 0.3 is 0 Å². The van der Waals surface area contributed by atoms with Gasteiger partial charge in [-0.15, -0.1) is 0 Å². The third kappa shape index (κ3) is 3.57. The Hall–Kier alpha value is -1.52. The highest BCUT2D eigenvalue weighted by atomic mass is 19.2. The van der Waals surface area contributed by atoms with Crippen molar-refractivity contribution >= 4 is 6.41 Å². The number of hydrogen-bond acceptors (Lipinski definition) is 1. The van der Waals surface area contributed by atoms with Crippen molar-refractivity contribution in [3.8, 4) is 0 Å². The first kappa shape index (κ1) is 17.5. The van der Waals surface area contributed by atoms with Crippen molar-refractivity contribution in [1.82, 2.24) is 5.32 Å². The average Bonchev–Trinajstić information content (AvgIpc) is 2.76. The van der Waals surface area contributed by atoms with Crippen LogP contribution in [0.25, 0.3) is 0 Å². The number of nitrogens with one attached hydrogen (secondary N) is 1. The molecule has 2 rings (SSSR count). The molecule has 1 amide bonds. The van der Waals surface area contributed by atoms with Crippen LogP contribution >= 0.6 is 0 Å². The molecule has 1 fully saturated rings. The van der Waals surface area contributed by atoms with Gasteiger partial charge < -0.3 is 5.32 Å². The molecule has 1 saturated carbocycles. The van der Waals surface area contributed by atoms with Crippen LogP contribution in [0.5, 0.6) is 0 Å². The Bertz CT molecular complexity index is 489. The van der Waals surface area contributed by atoms with E-state index in [2.05, 4.69) is 39.9 Å². The van der Waals surface area contributed by atoms with Crippen molar-refractivity contribution in [3.63, 3.8) is 0 Å². The Balaban J connectivity index is 0.000000235. The topological polar surface area (TPSA) is 29.1 Å². The second kappa shape index (κ2) is 6.08. The molecule has 0 unspecified atom stereocenters. The largest absolute Gasteiger partial charge is 0.355 e. The van der Waals surface area contributed by atoms with Crippen LogP contribution in [-0.2, 0) is 11.3 Å². The molecule has 1 aromatic rings. The average molecular weight is 301 g/mol. The number of halogens is 3. The summed E-state index contributed by atoms with van der Waals surface area (Å²) in [5.41, 5.74) is 1.38. The zero-order valence-corrected chi connectivity index (χ0v) is 13.1. The van der Waals surface area contributed by atoms with Crippen molar-refractivity contribution in [2.75, 3.05) is 0 Å². The number of hydrogen-bond donors (Lipinski definition) is 1. The fraction of sp³-hybridized carbons (Fsp3) is 0.562. The van der Waals surface area contributed by atoms with Gasteiger partial charge in [-0.1, -0.05) is 34.6 Å². The Kier molecular flexibility index (Phi) is 5.07. The molecule has 2 nitrogen and oxygen atoms in total. The first-order valence-corrected chi connectivity index (χ1v) is 6.86. The highest BCUT2D eigenvalue weighted by Gasteiger charge is 2.61. The maximum Gasteiger partial charge on any atom is 0.207 e. The molecule has 1 aliphatic rings. The lowest BCUT2D eigenvalue weighted by Crippen LogP contribution is -2.10. The van der Waals surface area contributed by atoms with Gasteiger partial charge in [-0.05, 0) is 34.4 Å². The van der Waals surface area contributed by atoms with E-state index < -0.39 is 17.5 Å². The third-order valence-electron chi connectivity index (χ3n) is 5.18. The summed E-state index contributed by atoms with van der Waals surface area (Å²) in [4.78, 5) is 9.84. The van der Waals surface area contributed by atoms with Crippen LogP contribution in [0.1, 0.15) is 40.2 Å². The van der Waals surface area contributed by atoms with Crippen molar-refractivity contribution < 1.29 is 18.0 Å². The molecule has 1 aliphatic carbocycles. The number of benzene rings is 1. The summed E-state index contributed by atoms with van der Waals surface area (Å²) in [6.45, 7) is 11.7. The smallest absolute Gasteiger partial charge is 0.207 e. The molecule has 5 heteroatoms.